The molecule has 0 radical (unpaired) electrons. The summed E-state index contributed by atoms with van der Waals surface area (Å²) in [6.07, 6.45) is 0. The topological polar surface area (TPSA) is 67.1 Å². The highest BCUT2D eigenvalue weighted by molar-refractivity contribution is 5.88. The minimum atomic E-state index is 0.564. The monoisotopic (exact) mass is 295 g/mol. The van der Waals surface area contributed by atoms with Gasteiger partial charge < -0.3 is 14.7 Å². The van der Waals surface area contributed by atoms with Crippen molar-refractivity contribution in [3.05, 3.63) is 36.2 Å². The van der Waals surface area contributed by atoms with E-state index in [1.165, 1.54) is 0 Å². The summed E-state index contributed by atoms with van der Waals surface area (Å²) in [6, 6.07) is 10.2. The van der Waals surface area contributed by atoms with Crippen molar-refractivity contribution in [3.63, 3.8) is 0 Å². The van der Waals surface area contributed by atoms with Crippen LogP contribution in [-0.2, 0) is 0 Å². The van der Waals surface area contributed by atoms with E-state index < -0.39 is 0 Å². The van der Waals surface area contributed by atoms with Crippen molar-refractivity contribution in [2.24, 2.45) is 0 Å². The van der Waals surface area contributed by atoms with Gasteiger partial charge >= 0.3 is 0 Å². The SMILES string of the molecule is Cc1nc(-c2cc3ccccc3nc2N2CCNCC2)no1. The molecule has 6 nitrogen and oxygen atoms in total. The van der Waals surface area contributed by atoms with Crippen LogP contribution in [0.4, 0.5) is 5.82 Å². The van der Waals surface area contributed by atoms with Gasteiger partial charge in [0.15, 0.2) is 0 Å². The van der Waals surface area contributed by atoms with Crippen LogP contribution < -0.4 is 10.2 Å². The van der Waals surface area contributed by atoms with Crippen LogP contribution in [0.1, 0.15) is 5.89 Å². The third-order valence-electron chi connectivity index (χ3n) is 3.89. The lowest BCUT2D eigenvalue weighted by atomic mass is 10.1. The van der Waals surface area contributed by atoms with Crippen LogP contribution in [0.5, 0.6) is 0 Å². The number of rotatable bonds is 2. The second kappa shape index (κ2) is 5.38. The fourth-order valence-electron chi connectivity index (χ4n) is 2.80. The van der Waals surface area contributed by atoms with E-state index in [1.807, 2.05) is 18.2 Å². The van der Waals surface area contributed by atoms with Gasteiger partial charge in [-0.25, -0.2) is 4.98 Å². The van der Waals surface area contributed by atoms with Gasteiger partial charge in [-0.3, -0.25) is 0 Å². The van der Waals surface area contributed by atoms with E-state index in [0.717, 1.165) is 48.5 Å². The third-order valence-corrected chi connectivity index (χ3v) is 3.89. The summed E-state index contributed by atoms with van der Waals surface area (Å²) in [5.74, 6) is 2.10. The van der Waals surface area contributed by atoms with Crippen molar-refractivity contribution >= 4 is 16.7 Å². The predicted octanol–water partition coefficient (Wildman–Crippen LogP) is 2.00. The molecule has 0 amide bonds. The van der Waals surface area contributed by atoms with Crippen molar-refractivity contribution in [1.29, 1.82) is 0 Å². The van der Waals surface area contributed by atoms with Gasteiger partial charge in [0, 0.05) is 38.5 Å². The second-order valence-corrected chi connectivity index (χ2v) is 5.43. The number of benzene rings is 1. The Balaban J connectivity index is 1.90. The van der Waals surface area contributed by atoms with Crippen molar-refractivity contribution in [1.82, 2.24) is 20.4 Å². The molecular weight excluding hydrogens is 278 g/mol. The number of aromatic nitrogens is 3. The van der Waals surface area contributed by atoms with Crippen molar-refractivity contribution in [2.45, 2.75) is 6.92 Å². The first kappa shape index (κ1) is 13.2. The van der Waals surface area contributed by atoms with Gasteiger partial charge in [0.25, 0.3) is 0 Å². The minimum absolute atomic E-state index is 0.564. The van der Waals surface area contributed by atoms with Gasteiger partial charge in [0.05, 0.1) is 11.1 Å². The Morgan fingerprint density at radius 1 is 1.14 bits per heavy atom. The molecule has 1 saturated heterocycles. The fraction of sp³-hybridized carbons (Fsp3) is 0.312. The fourth-order valence-corrected chi connectivity index (χ4v) is 2.80. The van der Waals surface area contributed by atoms with E-state index in [1.54, 1.807) is 6.92 Å². The van der Waals surface area contributed by atoms with E-state index in [2.05, 4.69) is 32.5 Å². The van der Waals surface area contributed by atoms with Crippen molar-refractivity contribution in [2.75, 3.05) is 31.1 Å². The molecule has 3 heterocycles. The highest BCUT2D eigenvalue weighted by atomic mass is 16.5. The van der Waals surface area contributed by atoms with Crippen LogP contribution in [0.15, 0.2) is 34.9 Å². The lowest BCUT2D eigenvalue weighted by molar-refractivity contribution is 0.394. The summed E-state index contributed by atoms with van der Waals surface area (Å²) in [5, 5.41) is 8.53. The van der Waals surface area contributed by atoms with Crippen LogP contribution in [0, 0.1) is 6.92 Å². The van der Waals surface area contributed by atoms with Crippen LogP contribution in [0.3, 0.4) is 0 Å². The Kier molecular flexibility index (Phi) is 3.23. The lowest BCUT2D eigenvalue weighted by Gasteiger charge is -2.29. The van der Waals surface area contributed by atoms with Crippen LogP contribution in [0.2, 0.25) is 0 Å². The van der Waals surface area contributed by atoms with Crippen molar-refractivity contribution < 1.29 is 4.52 Å². The van der Waals surface area contributed by atoms with Gasteiger partial charge in [-0.1, -0.05) is 23.4 Å². The molecule has 0 aliphatic carbocycles. The standard InChI is InChI=1S/C16H17N5O/c1-11-18-15(20-22-11)13-10-12-4-2-3-5-14(12)19-16(13)21-8-6-17-7-9-21/h2-5,10,17H,6-9H2,1H3. The van der Waals surface area contributed by atoms with Gasteiger partial charge in [-0.05, 0) is 12.1 Å². The summed E-state index contributed by atoms with van der Waals surface area (Å²) in [5.41, 5.74) is 1.91. The molecule has 22 heavy (non-hydrogen) atoms. The average molecular weight is 295 g/mol. The van der Waals surface area contributed by atoms with Gasteiger partial charge in [0.1, 0.15) is 5.82 Å². The number of nitrogens with one attached hydrogen (secondary N) is 1. The molecule has 0 bridgehead atoms. The first-order chi connectivity index (χ1) is 10.8. The molecule has 4 rings (SSSR count). The molecule has 1 N–H and O–H groups in total. The number of fused-ring (bicyclic) bond motifs is 1. The Hall–Kier alpha value is -2.47. The summed E-state index contributed by atoms with van der Waals surface area (Å²) in [4.78, 5) is 11.5. The molecule has 0 saturated carbocycles. The number of aryl methyl sites for hydroxylation is 1. The number of para-hydroxylation sites is 1. The maximum absolute atomic E-state index is 5.15. The molecule has 1 aliphatic rings. The Morgan fingerprint density at radius 3 is 2.73 bits per heavy atom. The number of piperazine rings is 1. The first-order valence-electron chi connectivity index (χ1n) is 7.47. The molecular formula is C16H17N5O. The van der Waals surface area contributed by atoms with Crippen LogP contribution >= 0.6 is 0 Å². The smallest absolute Gasteiger partial charge is 0.223 e. The van der Waals surface area contributed by atoms with E-state index in [9.17, 15) is 0 Å². The van der Waals surface area contributed by atoms with E-state index >= 15 is 0 Å². The quantitative estimate of drug-likeness (QED) is 0.780. The average Bonchev–Trinajstić information content (AvgIpc) is 3.01. The molecule has 0 unspecified atom stereocenters. The zero-order valence-electron chi connectivity index (χ0n) is 12.4. The van der Waals surface area contributed by atoms with E-state index in [4.69, 9.17) is 9.51 Å². The molecule has 3 aromatic rings. The largest absolute Gasteiger partial charge is 0.353 e. The molecule has 2 aromatic heterocycles. The Labute approximate surface area is 128 Å². The number of pyridine rings is 1. The molecule has 0 atom stereocenters. The van der Waals surface area contributed by atoms with Crippen LogP contribution in [0.25, 0.3) is 22.3 Å². The van der Waals surface area contributed by atoms with E-state index in [0.29, 0.717) is 11.7 Å². The second-order valence-electron chi connectivity index (χ2n) is 5.43. The first-order valence-corrected chi connectivity index (χ1v) is 7.47. The van der Waals surface area contributed by atoms with Gasteiger partial charge in [0.2, 0.25) is 11.7 Å². The van der Waals surface area contributed by atoms with E-state index in [-0.39, 0.29) is 0 Å². The van der Waals surface area contributed by atoms with Crippen LogP contribution in [-0.4, -0.2) is 41.3 Å². The highest BCUT2D eigenvalue weighted by Crippen LogP contribution is 2.31. The van der Waals surface area contributed by atoms with Gasteiger partial charge in [-0.15, -0.1) is 0 Å². The summed E-state index contributed by atoms with van der Waals surface area (Å²) in [6.45, 7) is 5.57. The minimum Gasteiger partial charge on any atom is -0.353 e. The maximum Gasteiger partial charge on any atom is 0.223 e. The highest BCUT2D eigenvalue weighted by Gasteiger charge is 2.20. The normalized spacial score (nSPS) is 15.4. The Morgan fingerprint density at radius 2 is 1.95 bits per heavy atom. The van der Waals surface area contributed by atoms with Gasteiger partial charge in [-0.2, -0.15) is 4.98 Å². The zero-order valence-corrected chi connectivity index (χ0v) is 12.4. The summed E-state index contributed by atoms with van der Waals surface area (Å²) >= 11 is 0. The predicted molar refractivity (Wildman–Crippen MR) is 84.9 cm³/mol. The molecule has 1 aliphatic heterocycles. The Bertz CT molecular complexity index is 807. The third kappa shape index (κ3) is 2.31. The number of nitrogens with zero attached hydrogens (tertiary/aromatic N) is 4. The van der Waals surface area contributed by atoms with Crippen molar-refractivity contribution in [3.8, 4) is 11.4 Å². The number of hydrogen-bond donors (Lipinski definition) is 1. The number of anilines is 1. The molecule has 112 valence electrons. The number of hydrogen-bond acceptors (Lipinski definition) is 6. The lowest BCUT2D eigenvalue weighted by Crippen LogP contribution is -2.44. The zero-order chi connectivity index (χ0) is 14.9. The summed E-state index contributed by atoms with van der Waals surface area (Å²) in [7, 11) is 0. The molecule has 6 heteroatoms. The molecule has 1 aromatic carbocycles. The molecule has 0 spiro atoms. The summed E-state index contributed by atoms with van der Waals surface area (Å²) < 4.78 is 5.15. The maximum atomic E-state index is 5.15. The molecule has 1 fully saturated rings.